The molecule has 0 bridgehead atoms. The van der Waals surface area contributed by atoms with Crippen LogP contribution in [0.5, 0.6) is 0 Å². The number of morpholine rings is 1. The number of pyridine rings is 1. The number of fused-ring (bicyclic) bond motifs is 1. The number of anilines is 1. The van der Waals surface area contributed by atoms with E-state index in [1.165, 1.54) is 0 Å². The molecule has 1 aliphatic rings. The van der Waals surface area contributed by atoms with Crippen molar-refractivity contribution in [3.63, 3.8) is 0 Å². The van der Waals surface area contributed by atoms with Crippen molar-refractivity contribution in [1.82, 2.24) is 4.98 Å². The zero-order chi connectivity index (χ0) is 14.8. The van der Waals surface area contributed by atoms with Gasteiger partial charge in [0.1, 0.15) is 10.8 Å². The van der Waals surface area contributed by atoms with E-state index in [9.17, 15) is 5.11 Å². The van der Waals surface area contributed by atoms with Gasteiger partial charge in [0.15, 0.2) is 0 Å². The van der Waals surface area contributed by atoms with E-state index >= 15 is 0 Å². The molecule has 3 rings (SSSR count). The van der Waals surface area contributed by atoms with Gasteiger partial charge in [-0.3, -0.25) is 0 Å². The van der Waals surface area contributed by atoms with Crippen molar-refractivity contribution < 1.29 is 9.84 Å². The highest BCUT2D eigenvalue weighted by molar-refractivity contribution is 7.80. The van der Waals surface area contributed by atoms with E-state index < -0.39 is 0 Å². The van der Waals surface area contributed by atoms with Crippen LogP contribution in [0.3, 0.4) is 0 Å². The standard InChI is InChI=1S/C15H17N3O2S/c16-14(21)12-7-10-3-1-2-4-13(10)17-15(12)18-5-6-20-9-11(18)8-19/h1-4,7,11,19H,5-6,8-9H2,(H2,16,21). The number of nitrogens with zero attached hydrogens (tertiary/aromatic N) is 2. The van der Waals surface area contributed by atoms with Crippen LogP contribution in [0, 0.1) is 0 Å². The fourth-order valence-corrected chi connectivity index (χ4v) is 2.74. The van der Waals surface area contributed by atoms with Gasteiger partial charge in [0.05, 0.1) is 36.9 Å². The second-order valence-corrected chi connectivity index (χ2v) is 5.46. The first-order valence-corrected chi connectivity index (χ1v) is 7.26. The van der Waals surface area contributed by atoms with Crippen LogP contribution in [0.25, 0.3) is 10.9 Å². The molecule has 1 aromatic carbocycles. The molecule has 2 heterocycles. The van der Waals surface area contributed by atoms with Crippen LogP contribution in [0.1, 0.15) is 5.56 Å². The number of aromatic nitrogens is 1. The van der Waals surface area contributed by atoms with Gasteiger partial charge >= 0.3 is 0 Å². The van der Waals surface area contributed by atoms with Gasteiger partial charge in [-0.2, -0.15) is 0 Å². The third-order valence-corrected chi connectivity index (χ3v) is 3.90. The third kappa shape index (κ3) is 2.70. The van der Waals surface area contributed by atoms with E-state index in [1.54, 1.807) is 0 Å². The second kappa shape index (κ2) is 5.93. The molecular weight excluding hydrogens is 286 g/mol. The van der Waals surface area contributed by atoms with E-state index in [1.807, 2.05) is 35.2 Å². The monoisotopic (exact) mass is 303 g/mol. The highest BCUT2D eigenvalue weighted by atomic mass is 32.1. The van der Waals surface area contributed by atoms with Gasteiger partial charge in [0, 0.05) is 11.9 Å². The first-order chi connectivity index (χ1) is 10.2. The lowest BCUT2D eigenvalue weighted by Crippen LogP contribution is -2.48. The van der Waals surface area contributed by atoms with Gasteiger partial charge < -0.3 is 20.5 Å². The Morgan fingerprint density at radius 1 is 1.48 bits per heavy atom. The summed E-state index contributed by atoms with van der Waals surface area (Å²) >= 11 is 5.17. The number of nitrogens with two attached hydrogens (primary N) is 1. The lowest BCUT2D eigenvalue weighted by molar-refractivity contribution is 0.0723. The highest BCUT2D eigenvalue weighted by Crippen LogP contribution is 2.26. The molecule has 0 saturated carbocycles. The Labute approximate surface area is 128 Å². The number of benzene rings is 1. The lowest BCUT2D eigenvalue weighted by Gasteiger charge is -2.36. The molecule has 1 atom stereocenters. The fourth-order valence-electron chi connectivity index (χ4n) is 2.59. The molecule has 0 radical (unpaired) electrons. The minimum absolute atomic E-state index is 0.00524. The molecule has 5 nitrogen and oxygen atoms in total. The van der Waals surface area contributed by atoms with Crippen LogP contribution in [-0.2, 0) is 4.74 Å². The number of ether oxygens (including phenoxy) is 1. The Bertz CT molecular complexity index is 677. The number of hydrogen-bond donors (Lipinski definition) is 2. The number of aliphatic hydroxyl groups excluding tert-OH is 1. The fraction of sp³-hybridized carbons (Fsp3) is 0.333. The predicted molar refractivity (Wildman–Crippen MR) is 86.7 cm³/mol. The summed E-state index contributed by atoms with van der Waals surface area (Å²) in [5.74, 6) is 0.726. The van der Waals surface area contributed by atoms with Gasteiger partial charge in [0.25, 0.3) is 0 Å². The van der Waals surface area contributed by atoms with Crippen molar-refractivity contribution in [3.05, 3.63) is 35.9 Å². The molecular formula is C15H17N3O2S. The number of para-hydroxylation sites is 1. The maximum Gasteiger partial charge on any atom is 0.140 e. The maximum absolute atomic E-state index is 9.55. The molecule has 1 aromatic heterocycles. The number of hydrogen-bond acceptors (Lipinski definition) is 5. The van der Waals surface area contributed by atoms with E-state index in [0.717, 1.165) is 22.3 Å². The quantitative estimate of drug-likeness (QED) is 0.826. The van der Waals surface area contributed by atoms with Crippen LogP contribution in [0.15, 0.2) is 30.3 Å². The Hall–Kier alpha value is -1.76. The minimum Gasteiger partial charge on any atom is -0.394 e. The van der Waals surface area contributed by atoms with Gasteiger partial charge in [0.2, 0.25) is 0 Å². The Kier molecular flexibility index (Phi) is 4.01. The van der Waals surface area contributed by atoms with Crippen molar-refractivity contribution >= 4 is 33.9 Å². The van der Waals surface area contributed by atoms with E-state index in [0.29, 0.717) is 24.7 Å². The van der Waals surface area contributed by atoms with Gasteiger partial charge in [-0.05, 0) is 12.1 Å². The molecule has 3 N–H and O–H groups in total. The average Bonchev–Trinajstić information content (AvgIpc) is 2.53. The van der Waals surface area contributed by atoms with Gasteiger partial charge in [-0.25, -0.2) is 4.98 Å². The molecule has 1 aliphatic heterocycles. The van der Waals surface area contributed by atoms with Crippen molar-refractivity contribution in [2.45, 2.75) is 6.04 Å². The van der Waals surface area contributed by atoms with Crippen LogP contribution >= 0.6 is 12.2 Å². The summed E-state index contributed by atoms with van der Waals surface area (Å²) < 4.78 is 5.42. The Morgan fingerprint density at radius 3 is 3.05 bits per heavy atom. The third-order valence-electron chi connectivity index (χ3n) is 3.68. The molecule has 1 fully saturated rings. The average molecular weight is 303 g/mol. The molecule has 2 aromatic rings. The summed E-state index contributed by atoms with van der Waals surface area (Å²) in [5, 5.41) is 10.6. The highest BCUT2D eigenvalue weighted by Gasteiger charge is 2.26. The van der Waals surface area contributed by atoms with Crippen LogP contribution in [0.4, 0.5) is 5.82 Å². The molecule has 110 valence electrons. The Balaban J connectivity index is 2.14. The number of thiocarbonyl (C=S) groups is 1. The zero-order valence-corrected chi connectivity index (χ0v) is 12.3. The van der Waals surface area contributed by atoms with Crippen LogP contribution < -0.4 is 10.6 Å². The number of aliphatic hydroxyl groups is 1. The summed E-state index contributed by atoms with van der Waals surface area (Å²) in [4.78, 5) is 7.05. The van der Waals surface area contributed by atoms with Crippen molar-refractivity contribution in [2.24, 2.45) is 5.73 Å². The van der Waals surface area contributed by atoms with Crippen molar-refractivity contribution in [3.8, 4) is 0 Å². The lowest BCUT2D eigenvalue weighted by atomic mass is 10.1. The molecule has 21 heavy (non-hydrogen) atoms. The second-order valence-electron chi connectivity index (χ2n) is 5.02. The molecule has 1 unspecified atom stereocenters. The summed E-state index contributed by atoms with van der Waals surface area (Å²) in [5.41, 5.74) is 7.49. The first-order valence-electron chi connectivity index (χ1n) is 6.85. The SMILES string of the molecule is NC(=S)c1cc2ccccc2nc1N1CCOCC1CO. The first kappa shape index (κ1) is 14.2. The largest absolute Gasteiger partial charge is 0.394 e. The van der Waals surface area contributed by atoms with E-state index in [4.69, 9.17) is 27.7 Å². The summed E-state index contributed by atoms with van der Waals surface area (Å²) in [6, 6.07) is 9.68. The minimum atomic E-state index is -0.125. The molecule has 1 saturated heterocycles. The van der Waals surface area contributed by atoms with Crippen molar-refractivity contribution in [2.75, 3.05) is 31.3 Å². The summed E-state index contributed by atoms with van der Waals surface area (Å²) in [6.07, 6.45) is 0. The maximum atomic E-state index is 9.55. The summed E-state index contributed by atoms with van der Waals surface area (Å²) in [7, 11) is 0. The van der Waals surface area contributed by atoms with Crippen LogP contribution in [0.2, 0.25) is 0 Å². The molecule has 6 heteroatoms. The zero-order valence-electron chi connectivity index (χ0n) is 11.5. The number of rotatable bonds is 3. The van der Waals surface area contributed by atoms with Gasteiger partial charge in [-0.1, -0.05) is 30.4 Å². The van der Waals surface area contributed by atoms with Crippen LogP contribution in [-0.4, -0.2) is 47.5 Å². The Morgan fingerprint density at radius 2 is 2.29 bits per heavy atom. The topological polar surface area (TPSA) is 71.6 Å². The van der Waals surface area contributed by atoms with Crippen molar-refractivity contribution in [1.29, 1.82) is 0 Å². The molecule has 0 aliphatic carbocycles. The molecule has 0 spiro atoms. The predicted octanol–water partition coefficient (Wildman–Crippen LogP) is 1.07. The normalized spacial score (nSPS) is 18.9. The van der Waals surface area contributed by atoms with Gasteiger partial charge in [-0.15, -0.1) is 0 Å². The van der Waals surface area contributed by atoms with E-state index in [2.05, 4.69) is 0 Å². The summed E-state index contributed by atoms with van der Waals surface area (Å²) in [6.45, 7) is 1.74. The van der Waals surface area contributed by atoms with E-state index in [-0.39, 0.29) is 12.6 Å². The molecule has 0 amide bonds. The smallest absolute Gasteiger partial charge is 0.140 e.